The molecule has 1 aromatic heterocycles. The maximum absolute atomic E-state index is 10.1. The second-order valence-corrected chi connectivity index (χ2v) is 5.86. The Morgan fingerprint density at radius 3 is 2.43 bits per heavy atom. The quantitative estimate of drug-likeness (QED) is 0.812. The highest BCUT2D eigenvalue weighted by molar-refractivity contribution is 7.15. The minimum Gasteiger partial charge on any atom is -0.506 e. The topological polar surface area (TPSA) is 61.1 Å². The molecule has 0 unspecified atom stereocenters. The van der Waals surface area contributed by atoms with Crippen LogP contribution in [0.4, 0.5) is 16.5 Å². The lowest BCUT2D eigenvalue weighted by Crippen LogP contribution is -2.21. The molecule has 1 N–H and O–H groups in total. The third kappa shape index (κ3) is 3.58. The molecule has 0 spiro atoms. The van der Waals surface area contributed by atoms with E-state index in [0.29, 0.717) is 10.8 Å². The average Bonchev–Trinajstić information content (AvgIpc) is 2.78. The van der Waals surface area contributed by atoms with Crippen LogP contribution in [0.25, 0.3) is 0 Å². The monoisotopic (exact) mass is 304 g/mol. The lowest BCUT2D eigenvalue weighted by Gasteiger charge is -2.21. The summed E-state index contributed by atoms with van der Waals surface area (Å²) < 4.78 is 0. The van der Waals surface area contributed by atoms with Crippen LogP contribution < -0.4 is 4.90 Å². The molecule has 0 saturated carbocycles. The van der Waals surface area contributed by atoms with Gasteiger partial charge in [-0.3, -0.25) is 0 Å². The summed E-state index contributed by atoms with van der Waals surface area (Å²) in [4.78, 5) is 7.59. The first-order valence-corrected chi connectivity index (χ1v) is 7.80. The van der Waals surface area contributed by atoms with E-state index in [1.54, 1.807) is 12.1 Å². The van der Waals surface area contributed by atoms with Crippen LogP contribution >= 0.6 is 11.3 Å². The van der Waals surface area contributed by atoms with Crippen LogP contribution in [0.2, 0.25) is 0 Å². The molecule has 1 heterocycles. The molecule has 0 aliphatic carbocycles. The number of anilines is 1. The van der Waals surface area contributed by atoms with Crippen molar-refractivity contribution in [1.29, 1.82) is 0 Å². The number of benzene rings is 1. The van der Waals surface area contributed by atoms with Crippen molar-refractivity contribution in [1.82, 2.24) is 4.98 Å². The molecule has 6 heteroatoms. The van der Waals surface area contributed by atoms with Crippen molar-refractivity contribution >= 4 is 27.8 Å². The van der Waals surface area contributed by atoms with E-state index in [-0.39, 0.29) is 5.75 Å². The Hall–Kier alpha value is -1.95. The van der Waals surface area contributed by atoms with E-state index in [1.807, 2.05) is 19.9 Å². The average molecular weight is 304 g/mol. The van der Waals surface area contributed by atoms with Gasteiger partial charge in [0, 0.05) is 29.7 Å². The highest BCUT2D eigenvalue weighted by atomic mass is 32.1. The molecule has 112 valence electrons. The Kier molecular flexibility index (Phi) is 4.90. The molecule has 1 aromatic carbocycles. The van der Waals surface area contributed by atoms with Gasteiger partial charge in [0.1, 0.15) is 11.4 Å². The number of rotatable bonds is 5. The summed E-state index contributed by atoms with van der Waals surface area (Å²) in [7, 11) is 0. The van der Waals surface area contributed by atoms with Crippen LogP contribution in [0.5, 0.6) is 5.75 Å². The SMILES string of the molecule is CCN(CC)c1ccc(N=Nc2nc(C)c(C)s2)c(O)c1. The molecule has 2 aromatic rings. The number of aromatic hydroxyl groups is 1. The molecule has 0 atom stereocenters. The first-order chi connectivity index (χ1) is 10.0. The number of phenols is 1. The Morgan fingerprint density at radius 1 is 1.19 bits per heavy atom. The minimum atomic E-state index is 0.133. The van der Waals surface area contributed by atoms with Gasteiger partial charge in [-0.25, -0.2) is 4.98 Å². The van der Waals surface area contributed by atoms with E-state index in [2.05, 4.69) is 34.0 Å². The highest BCUT2D eigenvalue weighted by Gasteiger charge is 2.07. The first-order valence-electron chi connectivity index (χ1n) is 6.98. The molecule has 0 bridgehead atoms. The number of thiazole rings is 1. The third-order valence-electron chi connectivity index (χ3n) is 3.35. The van der Waals surface area contributed by atoms with Gasteiger partial charge in [0.25, 0.3) is 0 Å². The zero-order valence-electron chi connectivity index (χ0n) is 12.8. The lowest BCUT2D eigenvalue weighted by atomic mass is 10.2. The third-order valence-corrected chi connectivity index (χ3v) is 4.31. The summed E-state index contributed by atoms with van der Waals surface area (Å²) >= 11 is 1.49. The zero-order valence-corrected chi connectivity index (χ0v) is 13.6. The summed E-state index contributed by atoms with van der Waals surface area (Å²) in [5.74, 6) is 0.133. The number of phenolic OH excluding ortho intramolecular Hbond substituents is 1. The fourth-order valence-electron chi connectivity index (χ4n) is 1.98. The van der Waals surface area contributed by atoms with Crippen LogP contribution in [0.15, 0.2) is 28.4 Å². The molecular formula is C15H20N4OS. The Balaban J connectivity index is 2.21. The van der Waals surface area contributed by atoms with Gasteiger partial charge >= 0.3 is 0 Å². The second-order valence-electron chi connectivity index (χ2n) is 4.68. The van der Waals surface area contributed by atoms with Gasteiger partial charge in [0.05, 0.1) is 5.69 Å². The maximum atomic E-state index is 10.1. The summed E-state index contributed by atoms with van der Waals surface area (Å²) in [6.07, 6.45) is 0. The lowest BCUT2D eigenvalue weighted by molar-refractivity contribution is 0.476. The van der Waals surface area contributed by atoms with Gasteiger partial charge in [0.2, 0.25) is 5.13 Å². The van der Waals surface area contributed by atoms with E-state index in [4.69, 9.17) is 0 Å². The molecule has 0 aliphatic heterocycles. The van der Waals surface area contributed by atoms with Crippen LogP contribution in [0.3, 0.4) is 0 Å². The van der Waals surface area contributed by atoms with Crippen molar-refractivity contribution in [2.75, 3.05) is 18.0 Å². The largest absolute Gasteiger partial charge is 0.506 e. The van der Waals surface area contributed by atoms with E-state index in [1.165, 1.54) is 11.3 Å². The van der Waals surface area contributed by atoms with Crippen molar-refractivity contribution in [3.05, 3.63) is 28.8 Å². The van der Waals surface area contributed by atoms with Crippen molar-refractivity contribution < 1.29 is 5.11 Å². The van der Waals surface area contributed by atoms with Gasteiger partial charge in [-0.2, -0.15) is 0 Å². The number of aryl methyl sites for hydroxylation is 2. The van der Waals surface area contributed by atoms with Crippen LogP contribution in [0.1, 0.15) is 24.4 Å². The zero-order chi connectivity index (χ0) is 15.4. The maximum Gasteiger partial charge on any atom is 0.230 e. The molecule has 0 saturated heterocycles. The second kappa shape index (κ2) is 6.67. The molecule has 0 amide bonds. The molecular weight excluding hydrogens is 284 g/mol. The Morgan fingerprint density at radius 2 is 1.90 bits per heavy atom. The highest BCUT2D eigenvalue weighted by Crippen LogP contribution is 2.33. The van der Waals surface area contributed by atoms with E-state index in [0.717, 1.165) is 29.3 Å². The number of azo groups is 1. The molecule has 2 rings (SSSR count). The van der Waals surface area contributed by atoms with Gasteiger partial charge < -0.3 is 10.0 Å². The van der Waals surface area contributed by atoms with Crippen LogP contribution in [0, 0.1) is 13.8 Å². The predicted molar refractivity (Wildman–Crippen MR) is 87.4 cm³/mol. The Labute approximate surface area is 129 Å². The van der Waals surface area contributed by atoms with Gasteiger partial charge in [-0.15, -0.1) is 10.2 Å². The van der Waals surface area contributed by atoms with Gasteiger partial charge in [-0.1, -0.05) is 11.3 Å². The van der Waals surface area contributed by atoms with E-state index in [9.17, 15) is 5.11 Å². The van der Waals surface area contributed by atoms with Crippen molar-refractivity contribution in [3.63, 3.8) is 0 Å². The Bertz CT molecular complexity index is 628. The first kappa shape index (κ1) is 15.4. The van der Waals surface area contributed by atoms with E-state index >= 15 is 0 Å². The van der Waals surface area contributed by atoms with Crippen molar-refractivity contribution in [2.24, 2.45) is 10.2 Å². The molecule has 21 heavy (non-hydrogen) atoms. The van der Waals surface area contributed by atoms with Gasteiger partial charge in [0.15, 0.2) is 0 Å². The van der Waals surface area contributed by atoms with Crippen molar-refractivity contribution in [3.8, 4) is 5.75 Å². The number of hydrogen-bond donors (Lipinski definition) is 1. The smallest absolute Gasteiger partial charge is 0.230 e. The number of hydrogen-bond acceptors (Lipinski definition) is 6. The predicted octanol–water partition coefficient (Wildman–Crippen LogP) is 4.73. The normalized spacial score (nSPS) is 11.2. The number of nitrogens with zero attached hydrogens (tertiary/aromatic N) is 4. The standard InChI is InChI=1S/C15H20N4OS/c1-5-19(6-2)12-7-8-13(14(20)9-12)17-18-15-16-10(3)11(4)21-15/h7-9,20H,5-6H2,1-4H3. The molecule has 5 nitrogen and oxygen atoms in total. The fourth-order valence-corrected chi connectivity index (χ4v) is 2.71. The summed E-state index contributed by atoms with van der Waals surface area (Å²) in [6.45, 7) is 9.91. The summed E-state index contributed by atoms with van der Waals surface area (Å²) in [5.41, 5.74) is 2.41. The van der Waals surface area contributed by atoms with Crippen molar-refractivity contribution in [2.45, 2.75) is 27.7 Å². The van der Waals surface area contributed by atoms with Crippen LogP contribution in [-0.2, 0) is 0 Å². The summed E-state index contributed by atoms with van der Waals surface area (Å²) in [5, 5.41) is 18.9. The minimum absolute atomic E-state index is 0.133. The van der Waals surface area contributed by atoms with E-state index < -0.39 is 0 Å². The fraction of sp³-hybridized carbons (Fsp3) is 0.400. The number of aromatic nitrogens is 1. The van der Waals surface area contributed by atoms with Gasteiger partial charge in [-0.05, 0) is 39.8 Å². The molecule has 0 fully saturated rings. The molecule has 0 aliphatic rings. The summed E-state index contributed by atoms with van der Waals surface area (Å²) in [6, 6.07) is 5.44. The van der Waals surface area contributed by atoms with Crippen LogP contribution in [-0.4, -0.2) is 23.2 Å². The molecule has 0 radical (unpaired) electrons.